The number of amides is 1. The predicted octanol–water partition coefficient (Wildman–Crippen LogP) is 1.67. The molecule has 0 radical (unpaired) electrons. The molecule has 0 aromatic carbocycles. The van der Waals surface area contributed by atoms with Crippen LogP contribution in [0.15, 0.2) is 0 Å². The molecule has 1 saturated heterocycles. The van der Waals surface area contributed by atoms with Gasteiger partial charge in [0, 0.05) is 12.6 Å². The zero-order chi connectivity index (χ0) is 15.3. The maximum absolute atomic E-state index is 12.2. The minimum atomic E-state index is -0.562. The summed E-state index contributed by atoms with van der Waals surface area (Å²) >= 11 is 0. The number of piperidine rings is 1. The molecule has 0 aliphatic carbocycles. The van der Waals surface area contributed by atoms with Crippen molar-refractivity contribution >= 4 is 12.1 Å². The Bertz CT molecular complexity index is 352. The first-order valence-corrected chi connectivity index (χ1v) is 7.15. The summed E-state index contributed by atoms with van der Waals surface area (Å²) in [4.78, 5) is 25.4. The van der Waals surface area contributed by atoms with Gasteiger partial charge in [0.2, 0.25) is 0 Å². The number of hydrogen-bond donors (Lipinski definition) is 1. The number of hydrogen-bond acceptors (Lipinski definition) is 5. The van der Waals surface area contributed by atoms with Crippen molar-refractivity contribution in [1.29, 1.82) is 0 Å². The highest BCUT2D eigenvalue weighted by atomic mass is 16.6. The van der Waals surface area contributed by atoms with Crippen LogP contribution in [0.5, 0.6) is 0 Å². The molecule has 0 bridgehead atoms. The number of carbonyl (C=O) groups excluding carboxylic acids is 2. The standard InChI is InChI=1S/C14H26N2O4/c1-5-19-12(17)9-11-10(15)7-6-8-16(11)13(18)20-14(2,3)4/h10-11H,5-9,15H2,1-4H3. The van der Waals surface area contributed by atoms with E-state index in [0.29, 0.717) is 13.2 Å². The maximum atomic E-state index is 12.2. The van der Waals surface area contributed by atoms with E-state index in [-0.39, 0.29) is 24.5 Å². The van der Waals surface area contributed by atoms with Crippen molar-refractivity contribution in [3.63, 3.8) is 0 Å². The number of likely N-dealkylation sites (tertiary alicyclic amines) is 1. The Kier molecular flexibility index (Phi) is 5.80. The van der Waals surface area contributed by atoms with Gasteiger partial charge in [-0.3, -0.25) is 4.79 Å². The minimum absolute atomic E-state index is 0.119. The van der Waals surface area contributed by atoms with Gasteiger partial charge in [0.15, 0.2) is 0 Å². The van der Waals surface area contributed by atoms with Crippen molar-refractivity contribution in [3.8, 4) is 0 Å². The summed E-state index contributed by atoms with van der Waals surface area (Å²) in [5, 5.41) is 0. The van der Waals surface area contributed by atoms with Gasteiger partial charge in [-0.2, -0.15) is 0 Å². The van der Waals surface area contributed by atoms with Crippen LogP contribution in [0, 0.1) is 0 Å². The van der Waals surface area contributed by atoms with Crippen LogP contribution in [-0.4, -0.2) is 47.8 Å². The SMILES string of the molecule is CCOC(=O)CC1C(N)CCCN1C(=O)OC(C)(C)C. The third-order valence-corrected chi connectivity index (χ3v) is 3.14. The second-order valence-corrected chi connectivity index (χ2v) is 6.06. The van der Waals surface area contributed by atoms with Gasteiger partial charge in [0.1, 0.15) is 5.60 Å². The van der Waals surface area contributed by atoms with Crippen LogP contribution in [0.4, 0.5) is 4.79 Å². The average molecular weight is 286 g/mol. The number of ether oxygens (including phenoxy) is 2. The van der Waals surface area contributed by atoms with E-state index in [1.165, 1.54) is 0 Å². The van der Waals surface area contributed by atoms with Crippen LogP contribution in [0.3, 0.4) is 0 Å². The van der Waals surface area contributed by atoms with Gasteiger partial charge in [-0.05, 0) is 40.5 Å². The minimum Gasteiger partial charge on any atom is -0.466 e. The second-order valence-electron chi connectivity index (χ2n) is 6.06. The second kappa shape index (κ2) is 6.92. The Labute approximate surface area is 120 Å². The number of nitrogens with zero attached hydrogens (tertiary/aromatic N) is 1. The Balaban J connectivity index is 2.74. The highest BCUT2D eigenvalue weighted by molar-refractivity contribution is 5.73. The number of rotatable bonds is 3. The fraction of sp³-hybridized carbons (Fsp3) is 0.857. The van der Waals surface area contributed by atoms with Gasteiger partial charge in [0.05, 0.1) is 19.1 Å². The molecule has 2 atom stereocenters. The van der Waals surface area contributed by atoms with E-state index in [1.807, 2.05) is 20.8 Å². The highest BCUT2D eigenvalue weighted by Gasteiger charge is 2.36. The molecule has 1 fully saturated rings. The van der Waals surface area contributed by atoms with Crippen LogP contribution >= 0.6 is 0 Å². The molecule has 0 aromatic heterocycles. The molecule has 1 rings (SSSR count). The molecule has 2 N–H and O–H groups in total. The Hall–Kier alpha value is -1.30. The lowest BCUT2D eigenvalue weighted by atomic mass is 9.95. The van der Waals surface area contributed by atoms with E-state index in [4.69, 9.17) is 15.2 Å². The molecular weight excluding hydrogens is 260 g/mol. The van der Waals surface area contributed by atoms with Gasteiger partial charge in [-0.1, -0.05) is 0 Å². The topological polar surface area (TPSA) is 81.9 Å². The van der Waals surface area contributed by atoms with E-state index in [2.05, 4.69) is 0 Å². The van der Waals surface area contributed by atoms with Crippen LogP contribution in [-0.2, 0) is 14.3 Å². The van der Waals surface area contributed by atoms with Crippen molar-refractivity contribution in [2.75, 3.05) is 13.2 Å². The molecule has 0 saturated carbocycles. The number of carbonyl (C=O) groups is 2. The van der Waals surface area contributed by atoms with Gasteiger partial charge < -0.3 is 20.1 Å². The van der Waals surface area contributed by atoms with Crippen molar-refractivity contribution in [3.05, 3.63) is 0 Å². The van der Waals surface area contributed by atoms with Gasteiger partial charge >= 0.3 is 12.1 Å². The van der Waals surface area contributed by atoms with Crippen LogP contribution in [0.1, 0.15) is 47.0 Å². The quantitative estimate of drug-likeness (QED) is 0.798. The van der Waals surface area contributed by atoms with E-state index < -0.39 is 11.7 Å². The third-order valence-electron chi connectivity index (χ3n) is 3.14. The average Bonchev–Trinajstić information content (AvgIpc) is 2.29. The fourth-order valence-electron chi connectivity index (χ4n) is 2.29. The number of nitrogens with two attached hydrogens (primary N) is 1. The third kappa shape index (κ3) is 5.00. The predicted molar refractivity (Wildman–Crippen MR) is 75.2 cm³/mol. The smallest absolute Gasteiger partial charge is 0.410 e. The summed E-state index contributed by atoms with van der Waals surface area (Å²) in [6, 6.07) is -0.571. The normalized spacial score (nSPS) is 23.4. The van der Waals surface area contributed by atoms with Crippen molar-refractivity contribution in [1.82, 2.24) is 4.90 Å². The molecule has 20 heavy (non-hydrogen) atoms. The highest BCUT2D eigenvalue weighted by Crippen LogP contribution is 2.22. The Morgan fingerprint density at radius 1 is 1.35 bits per heavy atom. The molecule has 1 aliphatic rings. The Morgan fingerprint density at radius 3 is 2.55 bits per heavy atom. The summed E-state index contributed by atoms with van der Waals surface area (Å²) in [6.45, 7) is 8.09. The van der Waals surface area contributed by atoms with Crippen molar-refractivity contribution in [2.24, 2.45) is 5.73 Å². The summed E-state index contributed by atoms with van der Waals surface area (Å²) < 4.78 is 10.3. The molecule has 1 heterocycles. The molecule has 2 unspecified atom stereocenters. The van der Waals surface area contributed by atoms with Crippen LogP contribution < -0.4 is 5.73 Å². The summed E-state index contributed by atoms with van der Waals surface area (Å²) in [5.41, 5.74) is 5.50. The lowest BCUT2D eigenvalue weighted by molar-refractivity contribution is -0.144. The lowest BCUT2D eigenvalue weighted by Crippen LogP contribution is -2.56. The first-order chi connectivity index (χ1) is 9.24. The van der Waals surface area contributed by atoms with Gasteiger partial charge in [0.25, 0.3) is 0 Å². The zero-order valence-corrected chi connectivity index (χ0v) is 12.8. The van der Waals surface area contributed by atoms with Gasteiger partial charge in [-0.15, -0.1) is 0 Å². The first-order valence-electron chi connectivity index (χ1n) is 7.15. The van der Waals surface area contributed by atoms with Crippen LogP contribution in [0.2, 0.25) is 0 Å². The monoisotopic (exact) mass is 286 g/mol. The zero-order valence-electron chi connectivity index (χ0n) is 12.8. The first kappa shape index (κ1) is 16.8. The van der Waals surface area contributed by atoms with Gasteiger partial charge in [-0.25, -0.2) is 4.79 Å². The number of esters is 1. The lowest BCUT2D eigenvalue weighted by Gasteiger charge is -2.39. The summed E-state index contributed by atoms with van der Waals surface area (Å²) in [7, 11) is 0. The molecule has 1 amide bonds. The van der Waals surface area contributed by atoms with E-state index in [9.17, 15) is 9.59 Å². The molecule has 6 heteroatoms. The van der Waals surface area contributed by atoms with E-state index >= 15 is 0 Å². The molecule has 0 spiro atoms. The van der Waals surface area contributed by atoms with Crippen molar-refractivity contribution in [2.45, 2.75) is 64.6 Å². The summed E-state index contributed by atoms with van der Waals surface area (Å²) in [5.74, 6) is -0.330. The Morgan fingerprint density at radius 2 is 2.00 bits per heavy atom. The largest absolute Gasteiger partial charge is 0.466 e. The molecule has 0 aromatic rings. The molecule has 6 nitrogen and oxygen atoms in total. The van der Waals surface area contributed by atoms with Crippen molar-refractivity contribution < 1.29 is 19.1 Å². The molecular formula is C14H26N2O4. The summed E-state index contributed by atoms with van der Waals surface area (Å²) in [6.07, 6.45) is 1.32. The van der Waals surface area contributed by atoms with E-state index in [1.54, 1.807) is 11.8 Å². The van der Waals surface area contributed by atoms with E-state index in [0.717, 1.165) is 12.8 Å². The maximum Gasteiger partial charge on any atom is 0.410 e. The fourth-order valence-corrected chi connectivity index (χ4v) is 2.29. The molecule has 116 valence electrons. The van der Waals surface area contributed by atoms with Crippen LogP contribution in [0.25, 0.3) is 0 Å². The molecule has 1 aliphatic heterocycles.